The molecule has 2 fully saturated rings. The van der Waals surface area contributed by atoms with Crippen molar-refractivity contribution in [3.05, 3.63) is 0 Å². The van der Waals surface area contributed by atoms with Gasteiger partial charge in [0.1, 0.15) is 0 Å². The van der Waals surface area contributed by atoms with E-state index in [1.54, 1.807) is 0 Å². The van der Waals surface area contributed by atoms with Crippen LogP contribution in [-0.2, 0) is 9.84 Å². The van der Waals surface area contributed by atoms with Crippen LogP contribution in [0.2, 0.25) is 0 Å². The van der Waals surface area contributed by atoms with Crippen LogP contribution in [0.3, 0.4) is 0 Å². The van der Waals surface area contributed by atoms with Crippen molar-refractivity contribution >= 4 is 9.84 Å². The summed E-state index contributed by atoms with van der Waals surface area (Å²) in [6, 6.07) is 0.366. The van der Waals surface area contributed by atoms with E-state index < -0.39 is 9.84 Å². The average Bonchev–Trinajstić information content (AvgIpc) is 2.63. The van der Waals surface area contributed by atoms with Gasteiger partial charge in [-0.25, -0.2) is 8.42 Å². The highest BCUT2D eigenvalue weighted by atomic mass is 32.2. The maximum atomic E-state index is 11.8. The number of hydrogen-bond donors (Lipinski definition) is 1. The summed E-state index contributed by atoms with van der Waals surface area (Å²) < 4.78 is 23.6. The third-order valence-corrected chi connectivity index (χ3v) is 5.56. The molecule has 0 amide bonds. The van der Waals surface area contributed by atoms with E-state index in [1.807, 2.05) is 0 Å². The summed E-state index contributed by atoms with van der Waals surface area (Å²) in [5, 5.41) is 3.41. The van der Waals surface area contributed by atoms with Crippen LogP contribution in [0.25, 0.3) is 0 Å². The molecule has 1 N–H and O–H groups in total. The molecule has 0 aromatic heterocycles. The molecule has 0 aliphatic carbocycles. The predicted molar refractivity (Wildman–Crippen MR) is 69.9 cm³/mol. The van der Waals surface area contributed by atoms with Crippen molar-refractivity contribution in [2.24, 2.45) is 0 Å². The van der Waals surface area contributed by atoms with Gasteiger partial charge in [0, 0.05) is 12.1 Å². The fourth-order valence-electron chi connectivity index (χ4n) is 2.96. The largest absolute Gasteiger partial charge is 0.311 e. The van der Waals surface area contributed by atoms with Crippen LogP contribution in [0.15, 0.2) is 0 Å². The van der Waals surface area contributed by atoms with Crippen molar-refractivity contribution in [3.8, 4) is 0 Å². The zero-order chi connectivity index (χ0) is 12.3. The zero-order valence-corrected chi connectivity index (χ0v) is 11.5. The van der Waals surface area contributed by atoms with Gasteiger partial charge in [-0.2, -0.15) is 0 Å². The molecule has 17 heavy (non-hydrogen) atoms. The summed E-state index contributed by atoms with van der Waals surface area (Å²) in [7, 11) is -2.83. The molecule has 0 bridgehead atoms. The lowest BCUT2D eigenvalue weighted by Gasteiger charge is -2.35. The monoisotopic (exact) mass is 260 g/mol. The summed E-state index contributed by atoms with van der Waals surface area (Å²) in [6.45, 7) is 5.19. The SMILES string of the molecule is CCCN[C@@H]1CS(=O)(=O)C[C@H]1N1CCCCC1. The first-order valence-corrected chi connectivity index (χ1v) is 8.62. The molecule has 2 atom stereocenters. The molecule has 0 aromatic carbocycles. The quantitative estimate of drug-likeness (QED) is 0.806. The Bertz CT molecular complexity index is 336. The molecule has 100 valence electrons. The van der Waals surface area contributed by atoms with Crippen molar-refractivity contribution < 1.29 is 8.42 Å². The first kappa shape index (κ1) is 13.3. The van der Waals surface area contributed by atoms with E-state index >= 15 is 0 Å². The number of hydrogen-bond acceptors (Lipinski definition) is 4. The van der Waals surface area contributed by atoms with E-state index in [1.165, 1.54) is 19.3 Å². The van der Waals surface area contributed by atoms with Crippen LogP contribution >= 0.6 is 0 Å². The van der Waals surface area contributed by atoms with Crippen molar-refractivity contribution in [1.82, 2.24) is 10.2 Å². The van der Waals surface area contributed by atoms with E-state index in [0.29, 0.717) is 11.5 Å². The number of sulfone groups is 1. The molecule has 0 saturated carbocycles. The molecule has 0 unspecified atom stereocenters. The molecule has 2 aliphatic rings. The highest BCUT2D eigenvalue weighted by Gasteiger charge is 2.40. The van der Waals surface area contributed by atoms with E-state index in [0.717, 1.165) is 26.1 Å². The maximum Gasteiger partial charge on any atom is 0.153 e. The summed E-state index contributed by atoms with van der Waals surface area (Å²) in [5.41, 5.74) is 0. The van der Waals surface area contributed by atoms with Crippen LogP contribution in [0.4, 0.5) is 0 Å². The minimum Gasteiger partial charge on any atom is -0.311 e. The van der Waals surface area contributed by atoms with Gasteiger partial charge in [-0.1, -0.05) is 13.3 Å². The summed E-state index contributed by atoms with van der Waals surface area (Å²) in [4.78, 5) is 2.39. The second-order valence-corrected chi connectivity index (χ2v) is 7.46. The fraction of sp³-hybridized carbons (Fsp3) is 1.00. The molecule has 5 heteroatoms. The van der Waals surface area contributed by atoms with Gasteiger partial charge >= 0.3 is 0 Å². The van der Waals surface area contributed by atoms with Crippen LogP contribution in [-0.4, -0.2) is 56.5 Å². The van der Waals surface area contributed by atoms with E-state index in [9.17, 15) is 8.42 Å². The first-order valence-electron chi connectivity index (χ1n) is 6.80. The Labute approximate surface area is 105 Å². The van der Waals surface area contributed by atoms with Gasteiger partial charge in [-0.05, 0) is 38.9 Å². The number of nitrogens with one attached hydrogen (secondary N) is 1. The molecule has 2 aliphatic heterocycles. The van der Waals surface area contributed by atoms with Crippen LogP contribution in [0.5, 0.6) is 0 Å². The average molecular weight is 260 g/mol. The summed E-state index contributed by atoms with van der Waals surface area (Å²) in [5.74, 6) is 0.683. The number of likely N-dealkylation sites (tertiary alicyclic amines) is 1. The van der Waals surface area contributed by atoms with Gasteiger partial charge in [0.15, 0.2) is 9.84 Å². The predicted octanol–water partition coefficient (Wildman–Crippen LogP) is 0.638. The van der Waals surface area contributed by atoms with Crippen molar-refractivity contribution in [1.29, 1.82) is 0 Å². The molecule has 4 nitrogen and oxygen atoms in total. The van der Waals surface area contributed by atoms with Gasteiger partial charge in [0.05, 0.1) is 11.5 Å². The second-order valence-electron chi connectivity index (χ2n) is 5.30. The smallest absolute Gasteiger partial charge is 0.153 e. The number of piperidine rings is 1. The van der Waals surface area contributed by atoms with Gasteiger partial charge in [0.25, 0.3) is 0 Å². The Kier molecular flexibility index (Phi) is 4.44. The van der Waals surface area contributed by atoms with E-state index in [-0.39, 0.29) is 12.1 Å². The molecular weight excluding hydrogens is 236 g/mol. The van der Waals surface area contributed by atoms with Gasteiger partial charge in [-0.15, -0.1) is 0 Å². The third kappa shape index (κ3) is 3.42. The van der Waals surface area contributed by atoms with E-state index in [2.05, 4.69) is 17.1 Å². The van der Waals surface area contributed by atoms with Crippen LogP contribution in [0, 0.1) is 0 Å². The van der Waals surface area contributed by atoms with Gasteiger partial charge in [-0.3, -0.25) is 4.90 Å². The molecule has 2 saturated heterocycles. The Balaban J connectivity index is 2.01. The minimum atomic E-state index is -2.83. The lowest BCUT2D eigenvalue weighted by Crippen LogP contribution is -2.51. The Morgan fingerprint density at radius 1 is 1.18 bits per heavy atom. The molecule has 0 radical (unpaired) electrons. The lowest BCUT2D eigenvalue weighted by atomic mass is 10.0. The highest BCUT2D eigenvalue weighted by molar-refractivity contribution is 7.91. The molecule has 0 aromatic rings. The van der Waals surface area contributed by atoms with Crippen molar-refractivity contribution in [2.75, 3.05) is 31.1 Å². The molecule has 0 spiro atoms. The Morgan fingerprint density at radius 3 is 2.53 bits per heavy atom. The van der Waals surface area contributed by atoms with E-state index in [4.69, 9.17) is 0 Å². The van der Waals surface area contributed by atoms with Crippen molar-refractivity contribution in [3.63, 3.8) is 0 Å². The van der Waals surface area contributed by atoms with Gasteiger partial charge in [0.2, 0.25) is 0 Å². The van der Waals surface area contributed by atoms with Crippen LogP contribution in [0.1, 0.15) is 32.6 Å². The fourth-order valence-corrected chi connectivity index (χ4v) is 4.95. The lowest BCUT2D eigenvalue weighted by molar-refractivity contribution is 0.155. The topological polar surface area (TPSA) is 49.4 Å². The maximum absolute atomic E-state index is 11.8. The molecule has 2 heterocycles. The van der Waals surface area contributed by atoms with Crippen molar-refractivity contribution in [2.45, 2.75) is 44.7 Å². The third-order valence-electron chi connectivity index (χ3n) is 3.84. The van der Waals surface area contributed by atoms with Gasteiger partial charge < -0.3 is 5.32 Å². The zero-order valence-electron chi connectivity index (χ0n) is 10.7. The Hall–Kier alpha value is -0.130. The number of nitrogens with zero attached hydrogens (tertiary/aromatic N) is 1. The molecule has 2 rings (SSSR count). The molecular formula is C12H24N2O2S. The summed E-state index contributed by atoms with van der Waals surface area (Å²) in [6.07, 6.45) is 4.79. The normalized spacial score (nSPS) is 33.9. The highest BCUT2D eigenvalue weighted by Crippen LogP contribution is 2.22. The Morgan fingerprint density at radius 2 is 1.88 bits per heavy atom. The number of rotatable bonds is 4. The summed E-state index contributed by atoms with van der Waals surface area (Å²) >= 11 is 0. The standard InChI is InChI=1S/C12H24N2O2S/c1-2-6-13-11-9-17(15,16)10-12(11)14-7-4-3-5-8-14/h11-13H,2-10H2,1H3/t11-,12-/m1/s1. The second kappa shape index (κ2) is 5.67. The van der Waals surface area contributed by atoms with Crippen LogP contribution < -0.4 is 5.32 Å². The first-order chi connectivity index (χ1) is 8.12. The minimum absolute atomic E-state index is 0.151.